The number of ether oxygens (including phenoxy) is 2. The quantitative estimate of drug-likeness (QED) is 0.820. The topological polar surface area (TPSA) is 64.6 Å². The van der Waals surface area contributed by atoms with Gasteiger partial charge in [0.2, 0.25) is 10.0 Å². The van der Waals surface area contributed by atoms with Crippen LogP contribution in [0.3, 0.4) is 0 Å². The molecule has 4 aliphatic carbocycles. The monoisotopic (exact) mass is 383 g/mol. The molecule has 5 rings (SSSR count). The Morgan fingerprint density at radius 3 is 2.27 bits per heavy atom. The van der Waals surface area contributed by atoms with Crippen LogP contribution in [0.2, 0.25) is 0 Å². The smallest absolute Gasteiger partial charge is 0.244 e. The van der Waals surface area contributed by atoms with E-state index in [0.717, 1.165) is 43.6 Å². The summed E-state index contributed by atoms with van der Waals surface area (Å²) in [5.74, 6) is 1.83. The Morgan fingerprint density at radius 2 is 1.73 bits per heavy atom. The minimum atomic E-state index is -3.90. The summed E-state index contributed by atoms with van der Waals surface area (Å²) >= 11 is 0. The fraction of sp³-hybridized carbons (Fsp3) is 0.684. The number of methoxy groups -OCH3 is 2. The summed E-state index contributed by atoms with van der Waals surface area (Å²) in [6.07, 6.45) is 5.79. The van der Waals surface area contributed by atoms with Crippen molar-refractivity contribution < 1.29 is 22.3 Å². The van der Waals surface area contributed by atoms with Gasteiger partial charge in [-0.2, -0.15) is 0 Å². The molecule has 0 heterocycles. The van der Waals surface area contributed by atoms with Crippen LogP contribution in [0.5, 0.6) is 5.75 Å². The molecule has 0 aromatic heterocycles. The lowest BCUT2D eigenvalue weighted by molar-refractivity contribution is -0.185. The molecule has 5 nitrogen and oxygen atoms in total. The van der Waals surface area contributed by atoms with E-state index in [1.165, 1.54) is 25.7 Å². The largest absolute Gasteiger partial charge is 0.495 e. The summed E-state index contributed by atoms with van der Waals surface area (Å²) < 4.78 is 53.1. The van der Waals surface area contributed by atoms with E-state index in [-0.39, 0.29) is 17.2 Å². The Bertz CT molecular complexity index is 767. The highest BCUT2D eigenvalue weighted by Gasteiger charge is 2.57. The highest BCUT2D eigenvalue weighted by atomic mass is 32.2. The van der Waals surface area contributed by atoms with Gasteiger partial charge in [-0.15, -0.1) is 0 Å². The van der Waals surface area contributed by atoms with Gasteiger partial charge in [0, 0.05) is 13.7 Å². The van der Waals surface area contributed by atoms with Crippen LogP contribution in [-0.4, -0.2) is 34.8 Å². The normalized spacial score (nSPS) is 35.7. The van der Waals surface area contributed by atoms with Crippen molar-refractivity contribution in [1.82, 2.24) is 4.72 Å². The third-order valence-electron chi connectivity index (χ3n) is 6.85. The number of sulfonamides is 1. The van der Waals surface area contributed by atoms with Gasteiger partial charge in [0.25, 0.3) is 0 Å². The van der Waals surface area contributed by atoms with Gasteiger partial charge in [-0.25, -0.2) is 17.5 Å². The summed E-state index contributed by atoms with van der Waals surface area (Å²) in [6.45, 7) is 0.222. The first-order valence-corrected chi connectivity index (χ1v) is 10.7. The molecule has 7 heteroatoms. The minimum Gasteiger partial charge on any atom is -0.495 e. The van der Waals surface area contributed by atoms with Crippen molar-refractivity contribution in [3.63, 3.8) is 0 Å². The van der Waals surface area contributed by atoms with Crippen LogP contribution < -0.4 is 9.46 Å². The SMILES string of the molecule is COc1ccc(F)cc1S(=O)(=O)NCC1(OC)C2CC3CC(C2)CC1C3. The molecule has 144 valence electrons. The fourth-order valence-corrected chi connectivity index (χ4v) is 7.08. The molecule has 26 heavy (non-hydrogen) atoms. The summed E-state index contributed by atoms with van der Waals surface area (Å²) in [4.78, 5) is -0.171. The average Bonchev–Trinajstić information content (AvgIpc) is 2.61. The van der Waals surface area contributed by atoms with E-state index in [4.69, 9.17) is 9.47 Å². The first kappa shape index (κ1) is 18.2. The lowest BCUT2D eigenvalue weighted by Gasteiger charge is -2.60. The van der Waals surface area contributed by atoms with Crippen LogP contribution in [0.4, 0.5) is 4.39 Å². The van der Waals surface area contributed by atoms with E-state index in [9.17, 15) is 12.8 Å². The third-order valence-corrected chi connectivity index (χ3v) is 8.28. The zero-order valence-corrected chi connectivity index (χ0v) is 16.0. The van der Waals surface area contributed by atoms with Crippen LogP contribution in [0.1, 0.15) is 32.1 Å². The van der Waals surface area contributed by atoms with Crippen LogP contribution in [-0.2, 0) is 14.8 Å². The Kier molecular flexibility index (Phi) is 4.52. The highest BCUT2D eigenvalue weighted by Crippen LogP contribution is 2.59. The van der Waals surface area contributed by atoms with Crippen molar-refractivity contribution >= 4 is 10.0 Å². The van der Waals surface area contributed by atoms with Crippen LogP contribution >= 0.6 is 0 Å². The van der Waals surface area contributed by atoms with Crippen LogP contribution in [0.15, 0.2) is 23.1 Å². The molecule has 4 bridgehead atoms. The van der Waals surface area contributed by atoms with E-state index in [1.54, 1.807) is 7.11 Å². The van der Waals surface area contributed by atoms with Crippen LogP contribution in [0, 0.1) is 29.5 Å². The maximum Gasteiger partial charge on any atom is 0.244 e. The molecular formula is C19H26FNO4S. The maximum absolute atomic E-state index is 13.6. The zero-order chi connectivity index (χ0) is 18.5. The predicted molar refractivity (Wildman–Crippen MR) is 94.9 cm³/mol. The summed E-state index contributed by atoms with van der Waals surface area (Å²) in [7, 11) is -0.832. The lowest BCUT2D eigenvalue weighted by atomic mass is 9.50. The fourth-order valence-electron chi connectivity index (χ4n) is 5.82. The Labute approximate surface area is 154 Å². The van der Waals surface area contributed by atoms with Gasteiger partial charge in [-0.1, -0.05) is 0 Å². The minimum absolute atomic E-state index is 0.135. The van der Waals surface area contributed by atoms with Gasteiger partial charge in [0.05, 0.1) is 12.7 Å². The number of benzene rings is 1. The van der Waals surface area contributed by atoms with E-state index < -0.39 is 21.4 Å². The van der Waals surface area contributed by atoms with E-state index in [0.29, 0.717) is 11.8 Å². The average molecular weight is 383 g/mol. The molecule has 4 aliphatic rings. The molecular weight excluding hydrogens is 357 g/mol. The third kappa shape index (κ3) is 2.84. The highest BCUT2D eigenvalue weighted by molar-refractivity contribution is 7.89. The molecule has 1 aromatic carbocycles. The number of hydrogen-bond donors (Lipinski definition) is 1. The van der Waals surface area contributed by atoms with E-state index in [2.05, 4.69) is 4.72 Å². The molecule has 4 fully saturated rings. The first-order valence-electron chi connectivity index (χ1n) is 9.26. The molecule has 0 atom stereocenters. The van der Waals surface area contributed by atoms with Crippen molar-refractivity contribution in [3.8, 4) is 5.75 Å². The molecule has 4 saturated carbocycles. The van der Waals surface area contributed by atoms with Gasteiger partial charge < -0.3 is 9.47 Å². The summed E-state index contributed by atoms with van der Waals surface area (Å²) in [6, 6.07) is 3.52. The number of hydrogen-bond acceptors (Lipinski definition) is 4. The van der Waals surface area contributed by atoms with Crippen molar-refractivity contribution in [2.75, 3.05) is 20.8 Å². The van der Waals surface area contributed by atoms with Gasteiger partial charge in [0.1, 0.15) is 16.5 Å². The van der Waals surface area contributed by atoms with Gasteiger partial charge in [-0.05, 0) is 74.0 Å². The van der Waals surface area contributed by atoms with Crippen molar-refractivity contribution in [1.29, 1.82) is 0 Å². The van der Waals surface area contributed by atoms with Crippen molar-refractivity contribution in [3.05, 3.63) is 24.0 Å². The molecule has 1 aromatic rings. The maximum atomic E-state index is 13.6. The first-order chi connectivity index (χ1) is 12.4. The summed E-state index contributed by atoms with van der Waals surface area (Å²) in [5, 5.41) is 0. The second kappa shape index (κ2) is 6.46. The van der Waals surface area contributed by atoms with Gasteiger partial charge in [0.15, 0.2) is 0 Å². The van der Waals surface area contributed by atoms with Gasteiger partial charge in [-0.3, -0.25) is 0 Å². The molecule has 0 saturated heterocycles. The lowest BCUT2D eigenvalue weighted by Crippen LogP contribution is -2.63. The van der Waals surface area contributed by atoms with E-state index >= 15 is 0 Å². The Balaban J connectivity index is 1.58. The van der Waals surface area contributed by atoms with E-state index in [1.807, 2.05) is 0 Å². The molecule has 0 amide bonds. The Hall–Kier alpha value is -1.18. The molecule has 1 N–H and O–H groups in total. The number of rotatable bonds is 6. The predicted octanol–water partition coefficient (Wildman–Crippen LogP) is 2.95. The Morgan fingerprint density at radius 1 is 1.12 bits per heavy atom. The second-order valence-electron chi connectivity index (χ2n) is 8.08. The number of nitrogens with one attached hydrogen (secondary N) is 1. The van der Waals surface area contributed by atoms with Crippen molar-refractivity contribution in [2.24, 2.45) is 23.7 Å². The molecule has 0 spiro atoms. The van der Waals surface area contributed by atoms with Crippen LogP contribution in [0.25, 0.3) is 0 Å². The zero-order valence-electron chi connectivity index (χ0n) is 15.2. The number of halogens is 1. The standard InChI is InChI=1S/C19H26FNO4S/c1-24-17-4-3-16(20)10-18(17)26(22,23)21-11-19(25-2)14-6-12-5-13(8-14)9-15(19)7-12/h3-4,10,12-15,21H,5-9,11H2,1-2H3. The summed E-state index contributed by atoms with van der Waals surface area (Å²) in [5.41, 5.74) is -0.457. The van der Waals surface area contributed by atoms with Gasteiger partial charge >= 0.3 is 0 Å². The van der Waals surface area contributed by atoms with Crippen molar-refractivity contribution in [2.45, 2.75) is 42.6 Å². The molecule has 0 aliphatic heterocycles. The molecule has 0 radical (unpaired) electrons. The second-order valence-corrected chi connectivity index (χ2v) is 9.82. The molecule has 0 unspecified atom stereocenters.